The van der Waals surface area contributed by atoms with Gasteiger partial charge in [0.2, 0.25) is 0 Å². The molecule has 21 heavy (non-hydrogen) atoms. The molecular formula is C13H18Br3N5. The normalized spacial score (nSPS) is 8.90. The van der Waals surface area contributed by atoms with Gasteiger partial charge in [-0.25, -0.2) is 9.97 Å². The highest BCUT2D eigenvalue weighted by Crippen LogP contribution is 2.09. The Kier molecular flexibility index (Phi) is 11.7. The maximum absolute atomic E-state index is 4.15. The van der Waals surface area contributed by atoms with Crippen LogP contribution in [0.25, 0.3) is 0 Å². The zero-order valence-electron chi connectivity index (χ0n) is 12.4. The average molecular weight is 484 g/mol. The van der Waals surface area contributed by atoms with E-state index in [-0.39, 0.29) is 0 Å². The van der Waals surface area contributed by atoms with Crippen molar-refractivity contribution in [2.24, 2.45) is 0 Å². The van der Waals surface area contributed by atoms with Gasteiger partial charge in [-0.3, -0.25) is 9.97 Å². The Labute approximate surface area is 151 Å². The molecule has 0 aromatic carbocycles. The molecule has 8 heteroatoms. The molecule has 0 saturated carbocycles. The van der Waals surface area contributed by atoms with Crippen LogP contribution >= 0.6 is 47.8 Å². The average Bonchev–Trinajstić information content (AvgIpc) is 2.40. The first-order chi connectivity index (χ1) is 9.90. The zero-order valence-corrected chi connectivity index (χ0v) is 17.1. The summed E-state index contributed by atoms with van der Waals surface area (Å²) < 4.78 is 2.25. The Morgan fingerprint density at radius 2 is 1.19 bits per heavy atom. The van der Waals surface area contributed by atoms with Crippen LogP contribution in [0.4, 0.5) is 5.82 Å². The summed E-state index contributed by atoms with van der Waals surface area (Å²) in [7, 11) is 3.85. The van der Waals surface area contributed by atoms with Gasteiger partial charge in [0.15, 0.2) is 0 Å². The van der Waals surface area contributed by atoms with Crippen LogP contribution < -0.4 is 4.90 Å². The molecule has 0 aliphatic carbocycles. The van der Waals surface area contributed by atoms with Crippen molar-refractivity contribution in [1.82, 2.24) is 19.9 Å². The van der Waals surface area contributed by atoms with Crippen molar-refractivity contribution >= 4 is 53.6 Å². The van der Waals surface area contributed by atoms with Gasteiger partial charge in [0.05, 0.1) is 24.8 Å². The summed E-state index contributed by atoms with van der Waals surface area (Å²) >= 11 is 9.55. The second-order valence-corrected chi connectivity index (χ2v) is 6.40. The molecule has 2 aromatic rings. The van der Waals surface area contributed by atoms with Crippen LogP contribution in [0, 0.1) is 0 Å². The van der Waals surface area contributed by atoms with Crippen LogP contribution in [0.15, 0.2) is 38.6 Å². The predicted octanol–water partition coefficient (Wildman–Crippen LogP) is 4.72. The van der Waals surface area contributed by atoms with Crippen LogP contribution in [0.3, 0.4) is 0 Å². The van der Waals surface area contributed by atoms with Gasteiger partial charge in [0, 0.05) is 14.1 Å². The molecule has 0 atom stereocenters. The van der Waals surface area contributed by atoms with Crippen molar-refractivity contribution in [3.8, 4) is 0 Å². The van der Waals surface area contributed by atoms with Crippen LogP contribution in [0.5, 0.6) is 0 Å². The quantitative estimate of drug-likeness (QED) is 0.587. The number of rotatable bonds is 1. The third-order valence-corrected chi connectivity index (χ3v) is 2.77. The fourth-order valence-corrected chi connectivity index (χ4v) is 2.02. The van der Waals surface area contributed by atoms with Crippen molar-refractivity contribution in [3.63, 3.8) is 0 Å². The molecule has 0 aliphatic rings. The summed E-state index contributed by atoms with van der Waals surface area (Å²) in [6, 6.07) is 0. The van der Waals surface area contributed by atoms with Crippen molar-refractivity contribution in [2.75, 3.05) is 19.0 Å². The molecule has 2 rings (SSSR count). The molecule has 0 fully saturated rings. The fraction of sp³-hybridized carbons (Fsp3) is 0.385. The van der Waals surface area contributed by atoms with E-state index in [4.69, 9.17) is 0 Å². The highest BCUT2D eigenvalue weighted by molar-refractivity contribution is 9.11. The van der Waals surface area contributed by atoms with Crippen molar-refractivity contribution in [3.05, 3.63) is 38.6 Å². The summed E-state index contributed by atoms with van der Waals surface area (Å²) in [5.41, 5.74) is 0. The first kappa shape index (κ1) is 20.4. The van der Waals surface area contributed by atoms with E-state index < -0.39 is 0 Å². The van der Waals surface area contributed by atoms with E-state index in [9.17, 15) is 0 Å². The fourth-order valence-electron chi connectivity index (χ4n) is 0.868. The van der Waals surface area contributed by atoms with Crippen LogP contribution in [0.2, 0.25) is 0 Å². The SMILES string of the molecule is Brc1cncc(Br)n1.CCC.CN(C)c1cncc(Br)n1. The third-order valence-electron chi connectivity index (χ3n) is 1.63. The number of halogens is 3. The lowest BCUT2D eigenvalue weighted by Crippen LogP contribution is -2.10. The molecule has 0 amide bonds. The van der Waals surface area contributed by atoms with Gasteiger partial charge in [-0.05, 0) is 47.8 Å². The van der Waals surface area contributed by atoms with E-state index in [1.54, 1.807) is 24.8 Å². The van der Waals surface area contributed by atoms with E-state index in [1.165, 1.54) is 6.42 Å². The summed E-state index contributed by atoms with van der Waals surface area (Å²) in [6.07, 6.45) is 7.88. The van der Waals surface area contributed by atoms with Gasteiger partial charge < -0.3 is 4.90 Å². The van der Waals surface area contributed by atoms with Crippen molar-refractivity contribution < 1.29 is 0 Å². The monoisotopic (exact) mass is 481 g/mol. The van der Waals surface area contributed by atoms with Gasteiger partial charge in [0.1, 0.15) is 19.6 Å². The third kappa shape index (κ3) is 10.7. The van der Waals surface area contributed by atoms with Gasteiger partial charge >= 0.3 is 0 Å². The van der Waals surface area contributed by atoms with E-state index in [1.807, 2.05) is 19.0 Å². The standard InChI is InChI=1S/C6H8BrN3.C4H2Br2N2.C3H8/c1-10(2)6-4-8-3-5(7)9-6;5-3-1-7-2-4(6)8-3;1-3-2/h3-4H,1-2H3;1-2H;3H2,1-2H3. The summed E-state index contributed by atoms with van der Waals surface area (Å²) in [5.74, 6) is 0.856. The molecule has 0 aliphatic heterocycles. The van der Waals surface area contributed by atoms with Crippen molar-refractivity contribution in [2.45, 2.75) is 20.3 Å². The Morgan fingerprint density at radius 3 is 1.43 bits per heavy atom. The maximum Gasteiger partial charge on any atom is 0.147 e. The van der Waals surface area contributed by atoms with Crippen LogP contribution in [0.1, 0.15) is 20.3 Å². The number of hydrogen-bond acceptors (Lipinski definition) is 5. The Bertz CT molecular complexity index is 505. The second-order valence-electron chi connectivity index (χ2n) is 3.97. The minimum atomic E-state index is 0.742. The van der Waals surface area contributed by atoms with E-state index in [0.29, 0.717) is 0 Å². The summed E-state index contributed by atoms with van der Waals surface area (Å²) in [6.45, 7) is 4.25. The summed E-state index contributed by atoms with van der Waals surface area (Å²) in [4.78, 5) is 17.8. The Balaban J connectivity index is 0.000000327. The second kappa shape index (κ2) is 12.0. The predicted molar refractivity (Wildman–Crippen MR) is 97.5 cm³/mol. The van der Waals surface area contributed by atoms with Gasteiger partial charge in [0.25, 0.3) is 0 Å². The zero-order chi connectivity index (χ0) is 16.3. The Morgan fingerprint density at radius 1 is 0.810 bits per heavy atom. The first-order valence-electron chi connectivity index (χ1n) is 6.18. The van der Waals surface area contributed by atoms with Crippen molar-refractivity contribution in [1.29, 1.82) is 0 Å². The highest BCUT2D eigenvalue weighted by atomic mass is 79.9. The number of nitrogens with zero attached hydrogens (tertiary/aromatic N) is 5. The lowest BCUT2D eigenvalue weighted by atomic mass is 10.6. The number of hydrogen-bond donors (Lipinski definition) is 0. The van der Waals surface area contributed by atoms with E-state index in [2.05, 4.69) is 81.6 Å². The van der Waals surface area contributed by atoms with Gasteiger partial charge in [-0.1, -0.05) is 20.3 Å². The molecule has 0 saturated heterocycles. The molecular weight excluding hydrogens is 466 g/mol. The maximum atomic E-state index is 4.15. The molecule has 0 N–H and O–H groups in total. The molecule has 2 aromatic heterocycles. The topological polar surface area (TPSA) is 54.8 Å². The molecule has 2 heterocycles. The minimum Gasteiger partial charge on any atom is -0.361 e. The van der Waals surface area contributed by atoms with Gasteiger partial charge in [-0.2, -0.15) is 0 Å². The van der Waals surface area contributed by atoms with E-state index in [0.717, 1.165) is 19.6 Å². The largest absolute Gasteiger partial charge is 0.361 e. The Hall–Kier alpha value is -0.600. The molecule has 0 radical (unpaired) electrons. The lowest BCUT2D eigenvalue weighted by molar-refractivity contribution is 1.03. The number of anilines is 1. The molecule has 5 nitrogen and oxygen atoms in total. The number of aromatic nitrogens is 4. The first-order valence-corrected chi connectivity index (χ1v) is 8.56. The highest BCUT2D eigenvalue weighted by Gasteiger charge is 1.95. The van der Waals surface area contributed by atoms with Gasteiger partial charge in [-0.15, -0.1) is 0 Å². The summed E-state index contributed by atoms with van der Waals surface area (Å²) in [5, 5.41) is 0. The van der Waals surface area contributed by atoms with E-state index >= 15 is 0 Å². The molecule has 0 bridgehead atoms. The smallest absolute Gasteiger partial charge is 0.147 e. The minimum absolute atomic E-state index is 0.742. The molecule has 116 valence electrons. The molecule has 0 spiro atoms. The molecule has 0 unspecified atom stereocenters. The lowest BCUT2D eigenvalue weighted by Gasteiger charge is -2.09. The van der Waals surface area contributed by atoms with Crippen LogP contribution in [-0.2, 0) is 0 Å². The van der Waals surface area contributed by atoms with Crippen LogP contribution in [-0.4, -0.2) is 34.0 Å².